The highest BCUT2D eigenvalue weighted by Gasteiger charge is 2.32. The molecule has 26 heavy (non-hydrogen) atoms. The van der Waals surface area contributed by atoms with E-state index < -0.39 is 12.3 Å². The summed E-state index contributed by atoms with van der Waals surface area (Å²) in [4.78, 5) is 14.1. The number of ether oxygens (including phenoxy) is 3. The Bertz CT molecular complexity index is 627. The third-order valence-electron chi connectivity index (χ3n) is 4.33. The maximum atomic E-state index is 11.8. The number of nitrogens with zero attached hydrogens (tertiary/aromatic N) is 1. The lowest BCUT2D eigenvalue weighted by Gasteiger charge is -2.36. The molecule has 0 atom stereocenters. The fourth-order valence-electron chi connectivity index (χ4n) is 3.00. The molecule has 138 valence electrons. The highest BCUT2D eigenvalue weighted by atomic mass is 16.7. The third kappa shape index (κ3) is 5.14. The van der Waals surface area contributed by atoms with Crippen LogP contribution in [0.5, 0.6) is 0 Å². The van der Waals surface area contributed by atoms with Crippen molar-refractivity contribution in [2.24, 2.45) is 0 Å². The van der Waals surface area contributed by atoms with Crippen LogP contribution in [0.1, 0.15) is 18.1 Å². The quantitative estimate of drug-likeness (QED) is 0.715. The summed E-state index contributed by atoms with van der Waals surface area (Å²) in [5.74, 6) is -0.455. The number of benzene rings is 2. The molecule has 1 saturated heterocycles. The Morgan fingerprint density at radius 1 is 0.962 bits per heavy atom. The zero-order chi connectivity index (χ0) is 18.2. The summed E-state index contributed by atoms with van der Waals surface area (Å²) >= 11 is 0. The van der Waals surface area contributed by atoms with E-state index in [1.165, 1.54) is 11.1 Å². The minimum absolute atomic E-state index is 0.0705. The minimum Gasteiger partial charge on any atom is -0.462 e. The molecule has 0 N–H and O–H groups in total. The van der Waals surface area contributed by atoms with Crippen molar-refractivity contribution in [3.8, 4) is 0 Å². The van der Waals surface area contributed by atoms with Crippen LogP contribution in [0.15, 0.2) is 60.7 Å². The molecule has 5 heteroatoms. The van der Waals surface area contributed by atoms with E-state index in [2.05, 4.69) is 29.2 Å². The molecule has 1 fully saturated rings. The molecule has 2 aromatic rings. The Kier molecular flexibility index (Phi) is 6.77. The van der Waals surface area contributed by atoms with Crippen molar-refractivity contribution in [1.82, 2.24) is 4.90 Å². The van der Waals surface area contributed by atoms with Crippen LogP contribution in [0.2, 0.25) is 0 Å². The first-order valence-electron chi connectivity index (χ1n) is 8.98. The van der Waals surface area contributed by atoms with E-state index in [9.17, 15) is 4.79 Å². The van der Waals surface area contributed by atoms with E-state index in [-0.39, 0.29) is 6.04 Å². The van der Waals surface area contributed by atoms with E-state index in [1.807, 2.05) is 36.4 Å². The van der Waals surface area contributed by atoms with Gasteiger partial charge in [-0.05, 0) is 18.1 Å². The van der Waals surface area contributed by atoms with Crippen LogP contribution in [0, 0.1) is 0 Å². The smallest absolute Gasteiger partial charge is 0.363 e. The highest BCUT2D eigenvalue weighted by molar-refractivity contribution is 5.73. The number of carbonyl (C=O) groups is 1. The number of rotatable bonds is 7. The molecular weight excluding hydrogens is 330 g/mol. The average molecular weight is 355 g/mol. The molecule has 3 rings (SSSR count). The van der Waals surface area contributed by atoms with Crippen molar-refractivity contribution in [2.45, 2.75) is 32.3 Å². The highest BCUT2D eigenvalue weighted by Crippen LogP contribution is 2.18. The van der Waals surface area contributed by atoms with Gasteiger partial charge in [0.25, 0.3) is 6.29 Å². The Hall–Kier alpha value is -2.21. The lowest BCUT2D eigenvalue weighted by atomic mass is 10.1. The van der Waals surface area contributed by atoms with Gasteiger partial charge in [0.05, 0.1) is 25.9 Å². The molecule has 2 aromatic carbocycles. The van der Waals surface area contributed by atoms with Crippen LogP contribution < -0.4 is 0 Å². The largest absolute Gasteiger partial charge is 0.462 e. The fourth-order valence-corrected chi connectivity index (χ4v) is 3.00. The fraction of sp³-hybridized carbons (Fsp3) is 0.381. The maximum Gasteiger partial charge on any atom is 0.363 e. The average Bonchev–Trinajstić information content (AvgIpc) is 2.69. The van der Waals surface area contributed by atoms with Crippen LogP contribution in [-0.2, 0) is 32.1 Å². The van der Waals surface area contributed by atoms with Gasteiger partial charge in [0, 0.05) is 13.1 Å². The van der Waals surface area contributed by atoms with Crippen molar-refractivity contribution >= 4 is 5.97 Å². The van der Waals surface area contributed by atoms with E-state index in [1.54, 1.807) is 6.92 Å². The zero-order valence-electron chi connectivity index (χ0n) is 15.0. The topological polar surface area (TPSA) is 48.0 Å². The van der Waals surface area contributed by atoms with Crippen molar-refractivity contribution in [1.29, 1.82) is 0 Å². The Balaban J connectivity index is 1.66. The number of carbonyl (C=O) groups excluding carboxylic acids is 1. The van der Waals surface area contributed by atoms with Gasteiger partial charge in [0.1, 0.15) is 0 Å². The molecule has 0 unspecified atom stereocenters. The molecule has 1 aliphatic heterocycles. The monoisotopic (exact) mass is 355 g/mol. The summed E-state index contributed by atoms with van der Waals surface area (Å²) < 4.78 is 16.2. The van der Waals surface area contributed by atoms with Gasteiger partial charge in [-0.2, -0.15) is 0 Å². The van der Waals surface area contributed by atoms with Crippen LogP contribution in [-0.4, -0.2) is 43.0 Å². The van der Waals surface area contributed by atoms with Gasteiger partial charge < -0.3 is 14.2 Å². The first kappa shape index (κ1) is 18.6. The predicted molar refractivity (Wildman–Crippen MR) is 98.2 cm³/mol. The second-order valence-corrected chi connectivity index (χ2v) is 6.28. The van der Waals surface area contributed by atoms with Gasteiger partial charge in [-0.25, -0.2) is 4.79 Å². The standard InChI is InChI=1S/C21H25NO4/c1-2-24-20(23)21-25-15-19(16-26-21)22(13-17-9-5-3-6-10-17)14-18-11-7-4-8-12-18/h3-12,19,21H,2,13-16H2,1H3/t19-,21+. The van der Waals surface area contributed by atoms with Crippen LogP contribution in [0.25, 0.3) is 0 Å². The molecule has 0 saturated carbocycles. The van der Waals surface area contributed by atoms with Gasteiger partial charge in [0.2, 0.25) is 0 Å². The van der Waals surface area contributed by atoms with Gasteiger partial charge in [-0.1, -0.05) is 60.7 Å². The zero-order valence-corrected chi connectivity index (χ0v) is 15.0. The molecule has 5 nitrogen and oxygen atoms in total. The molecule has 0 aromatic heterocycles. The molecular formula is C21H25NO4. The lowest BCUT2D eigenvalue weighted by molar-refractivity contribution is -0.224. The molecule has 0 amide bonds. The maximum absolute atomic E-state index is 11.8. The lowest BCUT2D eigenvalue weighted by Crippen LogP contribution is -2.48. The van der Waals surface area contributed by atoms with Gasteiger partial charge in [-0.3, -0.25) is 4.90 Å². The molecule has 1 heterocycles. The second-order valence-electron chi connectivity index (χ2n) is 6.28. The molecule has 0 spiro atoms. The summed E-state index contributed by atoms with van der Waals surface area (Å²) in [5, 5.41) is 0. The molecule has 1 aliphatic rings. The summed E-state index contributed by atoms with van der Waals surface area (Å²) in [6.45, 7) is 4.53. The summed E-state index contributed by atoms with van der Waals surface area (Å²) in [7, 11) is 0. The Morgan fingerprint density at radius 2 is 1.46 bits per heavy atom. The number of esters is 1. The minimum atomic E-state index is -0.915. The Morgan fingerprint density at radius 3 is 1.92 bits per heavy atom. The van der Waals surface area contributed by atoms with Crippen LogP contribution >= 0.6 is 0 Å². The SMILES string of the molecule is CCOC(=O)[C@H]1OC[C@@H](N(Cc2ccccc2)Cc2ccccc2)CO1. The first-order chi connectivity index (χ1) is 12.8. The van der Waals surface area contributed by atoms with Gasteiger partial charge >= 0.3 is 5.97 Å². The van der Waals surface area contributed by atoms with Crippen molar-refractivity contribution < 1.29 is 19.0 Å². The van der Waals surface area contributed by atoms with Gasteiger partial charge in [-0.15, -0.1) is 0 Å². The van der Waals surface area contributed by atoms with E-state index in [0.717, 1.165) is 13.1 Å². The Labute approximate surface area is 154 Å². The van der Waals surface area contributed by atoms with Crippen molar-refractivity contribution in [3.63, 3.8) is 0 Å². The second kappa shape index (κ2) is 9.48. The normalized spacial score (nSPS) is 20.1. The molecule has 0 aliphatic carbocycles. The summed E-state index contributed by atoms with van der Waals surface area (Å²) in [5.41, 5.74) is 2.46. The van der Waals surface area contributed by atoms with Crippen LogP contribution in [0.3, 0.4) is 0 Å². The van der Waals surface area contributed by atoms with Crippen molar-refractivity contribution in [2.75, 3.05) is 19.8 Å². The summed E-state index contributed by atoms with van der Waals surface area (Å²) in [6.07, 6.45) is -0.915. The first-order valence-corrected chi connectivity index (χ1v) is 8.98. The van der Waals surface area contributed by atoms with E-state index in [0.29, 0.717) is 19.8 Å². The van der Waals surface area contributed by atoms with E-state index in [4.69, 9.17) is 14.2 Å². The van der Waals surface area contributed by atoms with Gasteiger partial charge in [0.15, 0.2) is 0 Å². The van der Waals surface area contributed by atoms with Crippen molar-refractivity contribution in [3.05, 3.63) is 71.8 Å². The van der Waals surface area contributed by atoms with E-state index >= 15 is 0 Å². The summed E-state index contributed by atoms with van der Waals surface area (Å²) in [6, 6.07) is 20.7. The predicted octanol–water partition coefficient (Wildman–Crippen LogP) is 2.99. The number of hydrogen-bond acceptors (Lipinski definition) is 5. The number of hydrogen-bond donors (Lipinski definition) is 0. The molecule has 0 bridgehead atoms. The molecule has 0 radical (unpaired) electrons. The van der Waals surface area contributed by atoms with Crippen LogP contribution in [0.4, 0.5) is 0 Å². The third-order valence-corrected chi connectivity index (χ3v) is 4.33.